The zero-order valence-electron chi connectivity index (χ0n) is 17.1. The average molecular weight is 375 g/mol. The monoisotopic (exact) mass is 374 g/mol. The van der Waals surface area contributed by atoms with Crippen LogP contribution in [0.1, 0.15) is 52.0 Å². The Balaban J connectivity index is 1.57. The minimum absolute atomic E-state index is 0.0315. The molecule has 1 unspecified atom stereocenters. The number of aliphatic imine (C=N–C) groups is 1. The van der Waals surface area contributed by atoms with Crippen LogP contribution in [0.5, 0.6) is 0 Å². The molecule has 1 atom stereocenters. The lowest BCUT2D eigenvalue weighted by atomic mass is 9.96. The maximum Gasteiger partial charge on any atom is 0.191 e. The maximum absolute atomic E-state index is 13.6. The van der Waals surface area contributed by atoms with E-state index in [1.54, 1.807) is 6.07 Å². The minimum Gasteiger partial charge on any atom is -0.357 e. The van der Waals surface area contributed by atoms with Gasteiger partial charge in [-0.3, -0.25) is 4.99 Å². The summed E-state index contributed by atoms with van der Waals surface area (Å²) in [6, 6.07) is 7.65. The molecule has 3 rings (SSSR count). The molecule has 1 heterocycles. The number of hydrogen-bond donors (Lipinski definition) is 2. The van der Waals surface area contributed by atoms with E-state index in [2.05, 4.69) is 36.3 Å². The molecule has 0 amide bonds. The Kier molecular flexibility index (Phi) is 6.74. The molecule has 0 radical (unpaired) electrons. The van der Waals surface area contributed by atoms with Gasteiger partial charge in [0.1, 0.15) is 5.82 Å². The Labute approximate surface area is 163 Å². The SMILES string of the molecule is CCNC(=NCC1(c2cccc(F)c2)CC1)NCC1CCCN(C(C)C)C1. The number of guanidine groups is 1. The summed E-state index contributed by atoms with van der Waals surface area (Å²) < 4.78 is 13.6. The standard InChI is InChI=1S/C22H35FN4/c1-4-24-21(25-14-18-7-6-12-27(15-18)17(2)3)26-16-22(10-11-22)19-8-5-9-20(23)13-19/h5,8-9,13,17-18H,4,6-7,10-12,14-16H2,1-3H3,(H2,24,25,26). The summed E-state index contributed by atoms with van der Waals surface area (Å²) in [5.74, 6) is 1.41. The van der Waals surface area contributed by atoms with Crippen molar-refractivity contribution in [1.82, 2.24) is 15.5 Å². The van der Waals surface area contributed by atoms with Crippen molar-refractivity contribution in [2.75, 3.05) is 32.7 Å². The summed E-state index contributed by atoms with van der Waals surface area (Å²) in [6.07, 6.45) is 4.74. The first-order valence-electron chi connectivity index (χ1n) is 10.5. The van der Waals surface area contributed by atoms with E-state index in [1.807, 2.05) is 12.1 Å². The van der Waals surface area contributed by atoms with E-state index in [1.165, 1.54) is 25.5 Å². The molecule has 4 nitrogen and oxygen atoms in total. The quantitative estimate of drug-likeness (QED) is 0.566. The van der Waals surface area contributed by atoms with E-state index in [9.17, 15) is 4.39 Å². The van der Waals surface area contributed by atoms with Crippen LogP contribution in [0.25, 0.3) is 0 Å². The second-order valence-electron chi connectivity index (χ2n) is 8.46. The number of likely N-dealkylation sites (tertiary alicyclic amines) is 1. The van der Waals surface area contributed by atoms with E-state index in [0.717, 1.165) is 44.0 Å². The molecule has 0 spiro atoms. The molecular formula is C22H35FN4. The molecule has 1 aliphatic heterocycles. The van der Waals surface area contributed by atoms with Gasteiger partial charge in [0, 0.05) is 31.1 Å². The summed E-state index contributed by atoms with van der Waals surface area (Å²) >= 11 is 0. The third-order valence-electron chi connectivity index (χ3n) is 6.01. The van der Waals surface area contributed by atoms with Crippen molar-refractivity contribution in [2.45, 2.75) is 57.9 Å². The lowest BCUT2D eigenvalue weighted by Crippen LogP contribution is -2.46. The highest BCUT2D eigenvalue weighted by Gasteiger charge is 2.44. The number of rotatable bonds is 7. The van der Waals surface area contributed by atoms with Crippen LogP contribution in [-0.2, 0) is 5.41 Å². The molecule has 1 aromatic rings. The molecule has 1 aliphatic carbocycles. The van der Waals surface area contributed by atoms with Gasteiger partial charge >= 0.3 is 0 Å². The van der Waals surface area contributed by atoms with Gasteiger partial charge in [0.15, 0.2) is 5.96 Å². The van der Waals surface area contributed by atoms with Gasteiger partial charge in [-0.15, -0.1) is 0 Å². The normalized spacial score (nSPS) is 22.7. The molecule has 5 heteroatoms. The first kappa shape index (κ1) is 20.1. The molecule has 1 saturated heterocycles. The van der Waals surface area contributed by atoms with Gasteiger partial charge < -0.3 is 15.5 Å². The van der Waals surface area contributed by atoms with Crippen molar-refractivity contribution in [3.8, 4) is 0 Å². The van der Waals surface area contributed by atoms with E-state index in [0.29, 0.717) is 18.5 Å². The Morgan fingerprint density at radius 3 is 2.81 bits per heavy atom. The highest BCUT2D eigenvalue weighted by atomic mass is 19.1. The molecule has 0 aromatic heterocycles. The van der Waals surface area contributed by atoms with Gasteiger partial charge in [-0.2, -0.15) is 0 Å². The van der Waals surface area contributed by atoms with Crippen molar-refractivity contribution >= 4 is 5.96 Å². The molecule has 0 bridgehead atoms. The number of hydrogen-bond acceptors (Lipinski definition) is 2. The zero-order valence-corrected chi connectivity index (χ0v) is 17.1. The van der Waals surface area contributed by atoms with E-state index in [-0.39, 0.29) is 11.2 Å². The van der Waals surface area contributed by atoms with Crippen LogP contribution >= 0.6 is 0 Å². The van der Waals surface area contributed by atoms with Crippen LogP contribution in [0.3, 0.4) is 0 Å². The van der Waals surface area contributed by atoms with Gasteiger partial charge in [0.05, 0.1) is 6.54 Å². The lowest BCUT2D eigenvalue weighted by Gasteiger charge is -2.35. The van der Waals surface area contributed by atoms with Crippen LogP contribution < -0.4 is 10.6 Å². The third kappa shape index (κ3) is 5.44. The summed E-state index contributed by atoms with van der Waals surface area (Å²) in [6.45, 7) is 11.6. The fourth-order valence-electron chi connectivity index (χ4n) is 4.05. The molecule has 2 N–H and O–H groups in total. The number of nitrogens with one attached hydrogen (secondary N) is 2. The highest BCUT2D eigenvalue weighted by molar-refractivity contribution is 5.79. The first-order chi connectivity index (χ1) is 13.0. The Hall–Kier alpha value is -1.62. The Morgan fingerprint density at radius 1 is 1.33 bits per heavy atom. The fraction of sp³-hybridized carbons (Fsp3) is 0.682. The van der Waals surface area contributed by atoms with Crippen molar-refractivity contribution in [3.05, 3.63) is 35.6 Å². The first-order valence-corrected chi connectivity index (χ1v) is 10.5. The summed E-state index contributed by atoms with van der Waals surface area (Å²) in [5.41, 5.74) is 1.12. The molecule has 2 aliphatic rings. The topological polar surface area (TPSA) is 39.7 Å². The summed E-state index contributed by atoms with van der Waals surface area (Å²) in [7, 11) is 0. The van der Waals surface area contributed by atoms with Crippen LogP contribution in [-0.4, -0.2) is 49.6 Å². The van der Waals surface area contributed by atoms with Gasteiger partial charge in [-0.05, 0) is 76.6 Å². The van der Waals surface area contributed by atoms with Crippen LogP contribution in [0, 0.1) is 11.7 Å². The van der Waals surface area contributed by atoms with E-state index < -0.39 is 0 Å². The number of halogens is 1. The predicted molar refractivity (Wildman–Crippen MR) is 111 cm³/mol. The second kappa shape index (κ2) is 9.05. The summed E-state index contributed by atoms with van der Waals surface area (Å²) in [5, 5.41) is 6.92. The third-order valence-corrected chi connectivity index (χ3v) is 6.01. The second-order valence-corrected chi connectivity index (χ2v) is 8.46. The van der Waals surface area contributed by atoms with Crippen LogP contribution in [0.2, 0.25) is 0 Å². The fourth-order valence-corrected chi connectivity index (χ4v) is 4.05. The molecule has 27 heavy (non-hydrogen) atoms. The van der Waals surface area contributed by atoms with E-state index >= 15 is 0 Å². The smallest absolute Gasteiger partial charge is 0.191 e. The van der Waals surface area contributed by atoms with Crippen molar-refractivity contribution in [3.63, 3.8) is 0 Å². The Morgan fingerprint density at radius 2 is 2.15 bits per heavy atom. The molecule has 150 valence electrons. The van der Waals surface area contributed by atoms with Crippen molar-refractivity contribution < 1.29 is 4.39 Å². The van der Waals surface area contributed by atoms with Crippen molar-refractivity contribution in [1.29, 1.82) is 0 Å². The molecular weight excluding hydrogens is 339 g/mol. The van der Waals surface area contributed by atoms with Gasteiger partial charge in [-0.25, -0.2) is 4.39 Å². The highest BCUT2D eigenvalue weighted by Crippen LogP contribution is 2.48. The minimum atomic E-state index is -0.153. The number of benzene rings is 1. The Bertz CT molecular complexity index is 639. The summed E-state index contributed by atoms with van der Waals surface area (Å²) in [4.78, 5) is 7.42. The zero-order chi connectivity index (χ0) is 19.3. The van der Waals surface area contributed by atoms with E-state index in [4.69, 9.17) is 4.99 Å². The average Bonchev–Trinajstić information content (AvgIpc) is 3.45. The number of piperidine rings is 1. The largest absolute Gasteiger partial charge is 0.357 e. The van der Waals surface area contributed by atoms with Crippen LogP contribution in [0.4, 0.5) is 4.39 Å². The van der Waals surface area contributed by atoms with Gasteiger partial charge in [0.25, 0.3) is 0 Å². The predicted octanol–water partition coefficient (Wildman–Crippen LogP) is 3.53. The molecule has 1 saturated carbocycles. The van der Waals surface area contributed by atoms with Gasteiger partial charge in [0.2, 0.25) is 0 Å². The lowest BCUT2D eigenvalue weighted by molar-refractivity contribution is 0.141. The maximum atomic E-state index is 13.6. The van der Waals surface area contributed by atoms with Crippen molar-refractivity contribution in [2.24, 2.45) is 10.9 Å². The molecule has 1 aromatic carbocycles. The number of nitrogens with zero attached hydrogens (tertiary/aromatic N) is 2. The van der Waals surface area contributed by atoms with Gasteiger partial charge in [-0.1, -0.05) is 12.1 Å². The van der Waals surface area contributed by atoms with Crippen LogP contribution in [0.15, 0.2) is 29.3 Å². The molecule has 2 fully saturated rings.